The molecule has 9 nitrogen and oxygen atoms in total. The molecule has 0 spiro atoms. The van der Waals surface area contributed by atoms with Crippen LogP contribution >= 0.6 is 0 Å². The molecule has 0 radical (unpaired) electrons. The molecule has 1 amide bonds. The van der Waals surface area contributed by atoms with E-state index >= 15 is 0 Å². The molecule has 1 aliphatic carbocycles. The molecule has 10 heteroatoms. The lowest BCUT2D eigenvalue weighted by Crippen LogP contribution is -2.25. The van der Waals surface area contributed by atoms with Gasteiger partial charge in [0, 0.05) is 17.3 Å². The molecule has 30 heavy (non-hydrogen) atoms. The second kappa shape index (κ2) is 9.14. The number of carbonyl (C=O) groups is 2. The summed E-state index contributed by atoms with van der Waals surface area (Å²) in [5.74, 6) is -0.474. The molecule has 0 aromatic heterocycles. The predicted octanol–water partition coefficient (Wildman–Crippen LogP) is 1.94. The number of benzene rings is 2. The molecule has 0 aliphatic heterocycles. The zero-order valence-electron chi connectivity index (χ0n) is 16.5. The van der Waals surface area contributed by atoms with Crippen molar-refractivity contribution < 1.29 is 32.2 Å². The van der Waals surface area contributed by atoms with Crippen molar-refractivity contribution in [2.45, 2.75) is 23.8 Å². The Morgan fingerprint density at radius 1 is 1.07 bits per heavy atom. The Balaban J connectivity index is 1.72. The first-order valence-corrected chi connectivity index (χ1v) is 10.6. The zero-order chi connectivity index (χ0) is 21.7. The van der Waals surface area contributed by atoms with Gasteiger partial charge in [0.1, 0.15) is 0 Å². The molecule has 0 heterocycles. The molecule has 2 aromatic carbocycles. The van der Waals surface area contributed by atoms with Gasteiger partial charge in [-0.25, -0.2) is 17.9 Å². The van der Waals surface area contributed by atoms with Gasteiger partial charge >= 0.3 is 5.97 Å². The van der Waals surface area contributed by atoms with Gasteiger partial charge in [-0.05, 0) is 49.2 Å². The van der Waals surface area contributed by atoms with Crippen LogP contribution in [-0.4, -0.2) is 47.2 Å². The van der Waals surface area contributed by atoms with E-state index in [4.69, 9.17) is 9.47 Å². The molecule has 1 saturated carbocycles. The van der Waals surface area contributed by atoms with E-state index in [0.717, 1.165) is 12.8 Å². The standard InChI is InChI=1S/C20H22N2O7S/c1-27-18-10-13(6-9-17(18)29-12-19(23)28-2)20(24)21-15-4-3-5-16(11-15)30(25,26)22-14-7-8-14/h3-6,9-11,14,22H,7-8,12H2,1-2H3,(H,21,24). The predicted molar refractivity (Wildman–Crippen MR) is 108 cm³/mol. The van der Waals surface area contributed by atoms with Crippen LogP contribution in [0.15, 0.2) is 47.4 Å². The van der Waals surface area contributed by atoms with Gasteiger partial charge in [0.2, 0.25) is 10.0 Å². The Labute approximate surface area is 174 Å². The molecule has 0 unspecified atom stereocenters. The molecular weight excluding hydrogens is 412 g/mol. The van der Waals surface area contributed by atoms with Crippen molar-refractivity contribution in [1.29, 1.82) is 0 Å². The Hall–Kier alpha value is -3.11. The third-order valence-corrected chi connectivity index (χ3v) is 5.82. The van der Waals surface area contributed by atoms with Crippen LogP contribution in [0.4, 0.5) is 5.69 Å². The van der Waals surface area contributed by atoms with E-state index in [1.807, 2.05) is 0 Å². The molecule has 3 rings (SSSR count). The molecule has 1 fully saturated rings. The topological polar surface area (TPSA) is 120 Å². The highest BCUT2D eigenvalue weighted by molar-refractivity contribution is 7.89. The first-order valence-electron chi connectivity index (χ1n) is 9.14. The summed E-state index contributed by atoms with van der Waals surface area (Å²) in [6.07, 6.45) is 1.66. The third-order valence-electron chi connectivity index (χ3n) is 4.30. The van der Waals surface area contributed by atoms with Crippen molar-refractivity contribution in [1.82, 2.24) is 4.72 Å². The zero-order valence-corrected chi connectivity index (χ0v) is 17.3. The molecule has 0 bridgehead atoms. The van der Waals surface area contributed by atoms with Crippen LogP contribution in [0, 0.1) is 0 Å². The summed E-state index contributed by atoms with van der Waals surface area (Å²) in [7, 11) is -0.973. The lowest BCUT2D eigenvalue weighted by Gasteiger charge is -2.12. The number of esters is 1. The number of hydrogen-bond donors (Lipinski definition) is 2. The van der Waals surface area contributed by atoms with E-state index in [1.165, 1.54) is 44.6 Å². The summed E-state index contributed by atoms with van der Waals surface area (Å²) in [4.78, 5) is 23.9. The van der Waals surface area contributed by atoms with Crippen LogP contribution in [0.2, 0.25) is 0 Å². The summed E-state index contributed by atoms with van der Waals surface area (Å²) < 4.78 is 42.4. The van der Waals surface area contributed by atoms with Crippen molar-refractivity contribution >= 4 is 27.6 Å². The maximum Gasteiger partial charge on any atom is 0.343 e. The Bertz CT molecular complexity index is 1050. The fourth-order valence-electron chi connectivity index (χ4n) is 2.56. The van der Waals surface area contributed by atoms with Crippen LogP contribution < -0.4 is 19.5 Å². The minimum Gasteiger partial charge on any atom is -0.493 e. The number of amides is 1. The van der Waals surface area contributed by atoms with Crippen molar-refractivity contribution in [3.05, 3.63) is 48.0 Å². The summed E-state index contributed by atoms with van der Waals surface area (Å²) in [6.45, 7) is -0.297. The molecule has 1 aliphatic rings. The number of hydrogen-bond acceptors (Lipinski definition) is 7. The van der Waals surface area contributed by atoms with Crippen molar-refractivity contribution in [2.24, 2.45) is 0 Å². The largest absolute Gasteiger partial charge is 0.493 e. The summed E-state index contributed by atoms with van der Waals surface area (Å²) in [5, 5.41) is 2.67. The van der Waals surface area contributed by atoms with E-state index in [0.29, 0.717) is 5.69 Å². The van der Waals surface area contributed by atoms with Gasteiger partial charge in [-0.3, -0.25) is 4.79 Å². The van der Waals surface area contributed by atoms with E-state index in [-0.39, 0.29) is 34.6 Å². The highest BCUT2D eigenvalue weighted by atomic mass is 32.2. The normalized spacial score (nSPS) is 13.4. The van der Waals surface area contributed by atoms with Gasteiger partial charge in [-0.1, -0.05) is 6.07 Å². The molecule has 2 N–H and O–H groups in total. The molecule has 160 valence electrons. The Morgan fingerprint density at radius 2 is 1.83 bits per heavy atom. The number of carbonyl (C=O) groups excluding carboxylic acids is 2. The maximum atomic E-state index is 12.6. The smallest absolute Gasteiger partial charge is 0.343 e. The van der Waals surface area contributed by atoms with Crippen LogP contribution in [0.25, 0.3) is 0 Å². The van der Waals surface area contributed by atoms with Crippen molar-refractivity contribution in [3.8, 4) is 11.5 Å². The summed E-state index contributed by atoms with van der Waals surface area (Å²) in [5.41, 5.74) is 0.602. The highest BCUT2D eigenvalue weighted by Crippen LogP contribution is 2.29. The van der Waals surface area contributed by atoms with Crippen molar-refractivity contribution in [3.63, 3.8) is 0 Å². The fraction of sp³-hybridized carbons (Fsp3) is 0.300. The van der Waals surface area contributed by atoms with Gasteiger partial charge in [0.05, 0.1) is 19.1 Å². The molecule has 2 aromatic rings. The number of methoxy groups -OCH3 is 2. The minimum atomic E-state index is -3.63. The molecular formula is C20H22N2O7S. The van der Waals surface area contributed by atoms with Crippen molar-refractivity contribution in [2.75, 3.05) is 26.1 Å². The molecule has 0 atom stereocenters. The first-order chi connectivity index (χ1) is 14.3. The second-order valence-corrected chi connectivity index (χ2v) is 8.32. The van der Waals surface area contributed by atoms with E-state index in [1.54, 1.807) is 12.1 Å². The van der Waals surface area contributed by atoms with Crippen LogP contribution in [0.1, 0.15) is 23.2 Å². The van der Waals surface area contributed by atoms with Crippen LogP contribution in [0.3, 0.4) is 0 Å². The maximum absolute atomic E-state index is 12.6. The average molecular weight is 434 g/mol. The number of anilines is 1. The second-order valence-electron chi connectivity index (χ2n) is 6.61. The Morgan fingerprint density at radius 3 is 2.50 bits per heavy atom. The van der Waals surface area contributed by atoms with Crippen LogP contribution in [-0.2, 0) is 19.6 Å². The molecule has 0 saturated heterocycles. The van der Waals surface area contributed by atoms with E-state index < -0.39 is 21.9 Å². The number of ether oxygens (including phenoxy) is 3. The first kappa shape index (κ1) is 21.6. The summed E-state index contributed by atoms with van der Waals surface area (Å²) >= 11 is 0. The van der Waals surface area contributed by atoms with Gasteiger partial charge in [-0.2, -0.15) is 0 Å². The average Bonchev–Trinajstić information content (AvgIpc) is 3.55. The number of rotatable bonds is 9. The Kier molecular flexibility index (Phi) is 6.58. The fourth-order valence-corrected chi connectivity index (χ4v) is 3.91. The van der Waals surface area contributed by atoms with Gasteiger partial charge in [0.15, 0.2) is 18.1 Å². The number of nitrogens with one attached hydrogen (secondary N) is 2. The van der Waals surface area contributed by atoms with E-state index in [9.17, 15) is 18.0 Å². The van der Waals surface area contributed by atoms with Gasteiger partial charge in [-0.15, -0.1) is 0 Å². The monoisotopic (exact) mass is 434 g/mol. The van der Waals surface area contributed by atoms with Gasteiger partial charge < -0.3 is 19.5 Å². The lowest BCUT2D eigenvalue weighted by atomic mass is 10.2. The summed E-state index contributed by atoms with van der Waals surface area (Å²) in [6, 6.07) is 10.5. The number of sulfonamides is 1. The van der Waals surface area contributed by atoms with Gasteiger partial charge in [0.25, 0.3) is 5.91 Å². The SMILES string of the molecule is COC(=O)COc1ccc(C(=O)Nc2cccc(S(=O)(=O)NC3CC3)c2)cc1OC. The highest BCUT2D eigenvalue weighted by Gasteiger charge is 2.28. The lowest BCUT2D eigenvalue weighted by molar-refractivity contribution is -0.142. The van der Waals surface area contributed by atoms with E-state index in [2.05, 4.69) is 14.8 Å². The quantitative estimate of drug-likeness (QED) is 0.579. The minimum absolute atomic E-state index is 0.0133. The van der Waals surface area contributed by atoms with Crippen LogP contribution in [0.5, 0.6) is 11.5 Å². The third kappa shape index (κ3) is 5.49.